The number of hydrogen-bond donors (Lipinski definition) is 3. The summed E-state index contributed by atoms with van der Waals surface area (Å²) < 4.78 is 0. The van der Waals surface area contributed by atoms with E-state index in [2.05, 4.69) is 15.5 Å². The lowest BCUT2D eigenvalue weighted by Gasteiger charge is -2.02. The number of aromatic amines is 2. The summed E-state index contributed by atoms with van der Waals surface area (Å²) in [4.78, 5) is 22.5. The highest BCUT2D eigenvalue weighted by Crippen LogP contribution is 2.10. The van der Waals surface area contributed by atoms with Crippen LogP contribution in [-0.2, 0) is 0 Å². The molecule has 0 radical (unpaired) electrons. The Morgan fingerprint density at radius 3 is 2.76 bits per heavy atom. The van der Waals surface area contributed by atoms with E-state index in [0.29, 0.717) is 11.3 Å². The number of nitriles is 1. The monoisotopic (exact) mass is 228 g/mol. The van der Waals surface area contributed by atoms with Gasteiger partial charge in [-0.15, -0.1) is 0 Å². The Labute approximate surface area is 95.9 Å². The summed E-state index contributed by atoms with van der Waals surface area (Å²) in [5, 5.41) is 16.0. The van der Waals surface area contributed by atoms with E-state index in [1.807, 2.05) is 6.07 Å². The van der Waals surface area contributed by atoms with E-state index >= 15 is 0 Å². The molecule has 0 aliphatic heterocycles. The molecule has 2 rings (SSSR count). The maximum Gasteiger partial charge on any atom is 0.273 e. The quantitative estimate of drug-likeness (QED) is 0.709. The van der Waals surface area contributed by atoms with Gasteiger partial charge >= 0.3 is 0 Å². The van der Waals surface area contributed by atoms with Crippen molar-refractivity contribution < 1.29 is 4.79 Å². The Hall–Kier alpha value is -2.81. The third-order valence-corrected chi connectivity index (χ3v) is 2.09. The van der Waals surface area contributed by atoms with Gasteiger partial charge in [0.25, 0.3) is 11.5 Å². The molecule has 3 N–H and O–H groups in total. The molecule has 6 heteroatoms. The molecule has 2 aromatic rings. The standard InChI is InChI=1S/C11H8N4O2/c12-6-7-2-1-3-8(4-7)13-11(17)9-5-10(16)15-14-9/h1-5H,(H,13,17)(H2,14,15,16). The molecule has 0 bridgehead atoms. The lowest BCUT2D eigenvalue weighted by atomic mass is 10.2. The molecule has 1 aromatic carbocycles. The van der Waals surface area contributed by atoms with Gasteiger partial charge in [0.05, 0.1) is 11.6 Å². The van der Waals surface area contributed by atoms with Crippen molar-refractivity contribution in [1.82, 2.24) is 10.2 Å². The van der Waals surface area contributed by atoms with Crippen LogP contribution in [0.1, 0.15) is 16.1 Å². The highest BCUT2D eigenvalue weighted by atomic mass is 16.2. The van der Waals surface area contributed by atoms with E-state index in [4.69, 9.17) is 5.26 Å². The van der Waals surface area contributed by atoms with E-state index in [1.165, 1.54) is 0 Å². The van der Waals surface area contributed by atoms with E-state index in [1.54, 1.807) is 24.3 Å². The molecule has 1 heterocycles. The maximum atomic E-state index is 11.6. The molecule has 0 saturated carbocycles. The van der Waals surface area contributed by atoms with Crippen LogP contribution in [0.3, 0.4) is 0 Å². The minimum atomic E-state index is -0.446. The molecule has 0 saturated heterocycles. The van der Waals surface area contributed by atoms with Crippen molar-refractivity contribution in [3.05, 3.63) is 51.9 Å². The van der Waals surface area contributed by atoms with Crippen LogP contribution < -0.4 is 10.9 Å². The summed E-state index contributed by atoms with van der Waals surface area (Å²) >= 11 is 0. The predicted octanol–water partition coefficient (Wildman–Crippen LogP) is 0.827. The van der Waals surface area contributed by atoms with E-state index in [-0.39, 0.29) is 11.3 Å². The fourth-order valence-corrected chi connectivity index (χ4v) is 1.32. The average molecular weight is 228 g/mol. The minimum absolute atomic E-state index is 0.136. The van der Waals surface area contributed by atoms with Gasteiger partial charge in [0, 0.05) is 11.8 Å². The van der Waals surface area contributed by atoms with Gasteiger partial charge in [-0.1, -0.05) is 6.07 Å². The number of rotatable bonds is 2. The number of amides is 1. The third-order valence-electron chi connectivity index (χ3n) is 2.09. The van der Waals surface area contributed by atoms with Crippen LogP contribution in [0.25, 0.3) is 0 Å². The van der Waals surface area contributed by atoms with Crippen LogP contribution >= 0.6 is 0 Å². The number of anilines is 1. The van der Waals surface area contributed by atoms with Gasteiger partial charge in [0.15, 0.2) is 0 Å². The molecule has 0 unspecified atom stereocenters. The first-order valence-electron chi connectivity index (χ1n) is 4.78. The number of carbonyl (C=O) groups excluding carboxylic acids is 1. The largest absolute Gasteiger partial charge is 0.321 e. The van der Waals surface area contributed by atoms with Crippen molar-refractivity contribution in [1.29, 1.82) is 5.26 Å². The lowest BCUT2D eigenvalue weighted by Crippen LogP contribution is -2.12. The van der Waals surface area contributed by atoms with Gasteiger partial charge in [-0.2, -0.15) is 5.26 Å². The highest BCUT2D eigenvalue weighted by Gasteiger charge is 2.08. The molecule has 17 heavy (non-hydrogen) atoms. The third kappa shape index (κ3) is 2.41. The van der Waals surface area contributed by atoms with Gasteiger partial charge in [-0.05, 0) is 18.2 Å². The first-order chi connectivity index (χ1) is 8.19. The number of aromatic nitrogens is 2. The Balaban J connectivity index is 2.19. The van der Waals surface area contributed by atoms with Crippen LogP contribution in [0.2, 0.25) is 0 Å². The number of benzene rings is 1. The summed E-state index contributed by atoms with van der Waals surface area (Å²) in [6.45, 7) is 0. The molecule has 1 aromatic heterocycles. The number of hydrogen-bond acceptors (Lipinski definition) is 3. The molecule has 0 spiro atoms. The van der Waals surface area contributed by atoms with Crippen molar-refractivity contribution in [2.45, 2.75) is 0 Å². The van der Waals surface area contributed by atoms with Crippen LogP contribution in [0.4, 0.5) is 5.69 Å². The Morgan fingerprint density at radius 2 is 2.12 bits per heavy atom. The number of H-pyrrole nitrogens is 2. The molecule has 0 aliphatic rings. The molecule has 6 nitrogen and oxygen atoms in total. The first-order valence-corrected chi connectivity index (χ1v) is 4.78. The molecule has 84 valence electrons. The van der Waals surface area contributed by atoms with Crippen molar-refractivity contribution in [3.8, 4) is 6.07 Å². The molecular weight excluding hydrogens is 220 g/mol. The van der Waals surface area contributed by atoms with Gasteiger partial charge in [-0.3, -0.25) is 19.8 Å². The molecular formula is C11H8N4O2. The van der Waals surface area contributed by atoms with Gasteiger partial charge in [0.2, 0.25) is 0 Å². The zero-order valence-electron chi connectivity index (χ0n) is 8.65. The lowest BCUT2D eigenvalue weighted by molar-refractivity contribution is 0.102. The summed E-state index contributed by atoms with van der Waals surface area (Å²) in [5.74, 6) is -0.446. The first kappa shape index (κ1) is 10.7. The number of nitrogens with zero attached hydrogens (tertiary/aromatic N) is 1. The summed E-state index contributed by atoms with van der Waals surface area (Å²) in [6.07, 6.45) is 0. The maximum absolute atomic E-state index is 11.6. The fourth-order valence-electron chi connectivity index (χ4n) is 1.32. The van der Waals surface area contributed by atoms with Crippen LogP contribution in [0.5, 0.6) is 0 Å². The van der Waals surface area contributed by atoms with E-state index in [0.717, 1.165) is 6.07 Å². The van der Waals surface area contributed by atoms with Crippen molar-refractivity contribution in [2.24, 2.45) is 0 Å². The highest BCUT2D eigenvalue weighted by molar-refractivity contribution is 6.02. The van der Waals surface area contributed by atoms with Gasteiger partial charge in [0.1, 0.15) is 5.69 Å². The smallest absolute Gasteiger partial charge is 0.273 e. The second-order valence-electron chi connectivity index (χ2n) is 3.32. The number of nitrogens with one attached hydrogen (secondary N) is 3. The second-order valence-corrected chi connectivity index (χ2v) is 3.32. The average Bonchev–Trinajstić information content (AvgIpc) is 2.76. The molecule has 0 atom stereocenters. The Kier molecular flexibility index (Phi) is 2.75. The van der Waals surface area contributed by atoms with E-state index in [9.17, 15) is 9.59 Å². The predicted molar refractivity (Wildman–Crippen MR) is 60.5 cm³/mol. The van der Waals surface area contributed by atoms with Crippen molar-refractivity contribution in [2.75, 3.05) is 5.32 Å². The molecule has 0 fully saturated rings. The Bertz CT molecular complexity index is 648. The molecule has 1 amide bonds. The van der Waals surface area contributed by atoms with Crippen LogP contribution in [0.15, 0.2) is 35.1 Å². The fraction of sp³-hybridized carbons (Fsp3) is 0. The summed E-state index contributed by atoms with van der Waals surface area (Å²) in [6, 6.07) is 9.62. The summed E-state index contributed by atoms with van der Waals surface area (Å²) in [5.41, 5.74) is 0.708. The van der Waals surface area contributed by atoms with Crippen LogP contribution in [0, 0.1) is 11.3 Å². The van der Waals surface area contributed by atoms with E-state index < -0.39 is 5.91 Å². The van der Waals surface area contributed by atoms with Crippen LogP contribution in [-0.4, -0.2) is 16.1 Å². The van der Waals surface area contributed by atoms with Gasteiger partial charge in [-0.25, -0.2) is 0 Å². The topological polar surface area (TPSA) is 102 Å². The zero-order chi connectivity index (χ0) is 12.3. The zero-order valence-corrected chi connectivity index (χ0v) is 8.65. The normalized spacial score (nSPS) is 9.59. The van der Waals surface area contributed by atoms with Gasteiger partial charge < -0.3 is 5.32 Å². The second kappa shape index (κ2) is 4.37. The minimum Gasteiger partial charge on any atom is -0.321 e. The van der Waals surface area contributed by atoms with Crippen molar-refractivity contribution in [3.63, 3.8) is 0 Å². The SMILES string of the molecule is N#Cc1cccc(NC(=O)c2cc(=O)[nH][nH]2)c1. The molecule has 0 aliphatic carbocycles. The van der Waals surface area contributed by atoms with Crippen molar-refractivity contribution >= 4 is 11.6 Å². The summed E-state index contributed by atoms with van der Waals surface area (Å²) in [7, 11) is 0. The Morgan fingerprint density at radius 1 is 1.29 bits per heavy atom. The number of carbonyl (C=O) groups is 1.